The van der Waals surface area contributed by atoms with E-state index in [2.05, 4.69) is 61.0 Å². The lowest BCUT2D eigenvalue weighted by molar-refractivity contribution is 0.535. The second-order valence-corrected chi connectivity index (χ2v) is 19.6. The Kier molecular flexibility index (Phi) is 23.6. The van der Waals surface area contributed by atoms with Crippen molar-refractivity contribution in [3.05, 3.63) is 58.3 Å². The second kappa shape index (κ2) is 28.2. The molecule has 0 nitrogen and oxygen atoms in total. The molecule has 52 heavy (non-hydrogen) atoms. The maximum atomic E-state index is 2.39. The Morgan fingerprint density at radius 3 is 0.885 bits per heavy atom. The molecule has 4 heterocycles. The SMILES string of the molecule is CCCCCCCCCCCCCCCCc1ccsc1-c1ccc(-c2ccc(-c3sccc3CCCCCCCCCCCCCCCC)s2)s1. The van der Waals surface area contributed by atoms with E-state index >= 15 is 0 Å². The van der Waals surface area contributed by atoms with Crippen molar-refractivity contribution in [2.45, 2.75) is 206 Å². The van der Waals surface area contributed by atoms with Crippen molar-refractivity contribution >= 4 is 45.3 Å². The molecule has 0 saturated heterocycles. The van der Waals surface area contributed by atoms with E-state index in [1.165, 1.54) is 222 Å². The van der Waals surface area contributed by atoms with E-state index in [0.29, 0.717) is 0 Å². The first-order valence-corrected chi connectivity index (χ1v) is 25.5. The molecule has 0 unspecified atom stereocenters. The maximum Gasteiger partial charge on any atom is 0.0474 e. The molecule has 0 aliphatic heterocycles. The van der Waals surface area contributed by atoms with Gasteiger partial charge in [0.25, 0.3) is 0 Å². The Balaban J connectivity index is 1.09. The van der Waals surface area contributed by atoms with Crippen LogP contribution >= 0.6 is 45.3 Å². The molecule has 4 heteroatoms. The first-order chi connectivity index (χ1) is 25.8. The molecule has 0 aliphatic rings. The summed E-state index contributed by atoms with van der Waals surface area (Å²) in [5, 5.41) is 4.63. The normalized spacial score (nSPS) is 11.7. The van der Waals surface area contributed by atoms with E-state index in [9.17, 15) is 0 Å². The highest BCUT2D eigenvalue weighted by molar-refractivity contribution is 7.28. The summed E-state index contributed by atoms with van der Waals surface area (Å²) in [5.74, 6) is 0. The highest BCUT2D eigenvalue weighted by Crippen LogP contribution is 2.44. The van der Waals surface area contributed by atoms with Crippen LogP contribution in [0.15, 0.2) is 47.2 Å². The van der Waals surface area contributed by atoms with Crippen LogP contribution in [0.5, 0.6) is 0 Å². The Morgan fingerprint density at radius 1 is 0.308 bits per heavy atom. The monoisotopic (exact) mass is 778 g/mol. The summed E-state index contributed by atoms with van der Waals surface area (Å²) in [6, 6.07) is 14.3. The van der Waals surface area contributed by atoms with Gasteiger partial charge in [0.15, 0.2) is 0 Å². The van der Waals surface area contributed by atoms with Crippen LogP contribution in [0.3, 0.4) is 0 Å². The molecule has 0 atom stereocenters. The minimum absolute atomic E-state index is 1.23. The summed E-state index contributed by atoms with van der Waals surface area (Å²) >= 11 is 7.86. The van der Waals surface area contributed by atoms with E-state index in [1.807, 2.05) is 45.3 Å². The topological polar surface area (TPSA) is 0 Å². The molecule has 4 aromatic heterocycles. The van der Waals surface area contributed by atoms with Crippen molar-refractivity contribution in [1.29, 1.82) is 0 Å². The molecule has 0 saturated carbocycles. The highest BCUT2D eigenvalue weighted by Gasteiger charge is 2.14. The molecule has 0 N–H and O–H groups in total. The van der Waals surface area contributed by atoms with Gasteiger partial charge in [-0.05, 0) is 84.0 Å². The van der Waals surface area contributed by atoms with Crippen LogP contribution in [0.4, 0.5) is 0 Å². The fourth-order valence-electron chi connectivity index (χ4n) is 7.70. The number of rotatable bonds is 33. The van der Waals surface area contributed by atoms with Crippen LogP contribution in [0, 0.1) is 0 Å². The van der Waals surface area contributed by atoms with Crippen LogP contribution in [0.25, 0.3) is 29.3 Å². The van der Waals surface area contributed by atoms with Gasteiger partial charge in [0.05, 0.1) is 0 Å². The average Bonchev–Trinajstić information content (AvgIpc) is 3.99. The molecule has 4 aromatic rings. The summed E-state index contributed by atoms with van der Waals surface area (Å²) in [5.41, 5.74) is 3.13. The summed E-state index contributed by atoms with van der Waals surface area (Å²) in [6.07, 6.45) is 42.4. The number of hydrogen-bond acceptors (Lipinski definition) is 4. The number of hydrogen-bond donors (Lipinski definition) is 0. The lowest BCUT2D eigenvalue weighted by Crippen LogP contribution is -1.86. The van der Waals surface area contributed by atoms with Crippen molar-refractivity contribution in [3.63, 3.8) is 0 Å². The van der Waals surface area contributed by atoms with Crippen molar-refractivity contribution < 1.29 is 0 Å². The molecule has 290 valence electrons. The van der Waals surface area contributed by atoms with Gasteiger partial charge in [0.2, 0.25) is 0 Å². The van der Waals surface area contributed by atoms with Crippen LogP contribution in [-0.4, -0.2) is 0 Å². The fraction of sp³-hybridized carbons (Fsp3) is 0.667. The van der Waals surface area contributed by atoms with Crippen LogP contribution in [-0.2, 0) is 12.8 Å². The van der Waals surface area contributed by atoms with Gasteiger partial charge < -0.3 is 0 Å². The molecule has 0 aromatic carbocycles. The van der Waals surface area contributed by atoms with E-state index in [1.54, 1.807) is 11.1 Å². The Morgan fingerprint density at radius 2 is 0.577 bits per heavy atom. The van der Waals surface area contributed by atoms with Gasteiger partial charge in [-0.3, -0.25) is 0 Å². The highest BCUT2D eigenvalue weighted by atomic mass is 32.1. The minimum Gasteiger partial charge on any atom is -0.143 e. The average molecular weight is 779 g/mol. The summed E-state index contributed by atoms with van der Waals surface area (Å²) in [6.45, 7) is 4.61. The van der Waals surface area contributed by atoms with E-state index in [0.717, 1.165) is 0 Å². The molecule has 0 spiro atoms. The second-order valence-electron chi connectivity index (χ2n) is 15.6. The molecular formula is C48H74S4. The molecule has 0 fully saturated rings. The third kappa shape index (κ3) is 17.1. The van der Waals surface area contributed by atoms with Crippen LogP contribution in [0.2, 0.25) is 0 Å². The lowest BCUT2D eigenvalue weighted by atomic mass is 10.0. The smallest absolute Gasteiger partial charge is 0.0474 e. The third-order valence-electron chi connectivity index (χ3n) is 11.0. The number of unbranched alkanes of at least 4 members (excludes halogenated alkanes) is 26. The summed E-state index contributed by atoms with van der Waals surface area (Å²) in [7, 11) is 0. The quantitative estimate of drug-likeness (QED) is 0.0423. The largest absolute Gasteiger partial charge is 0.143 e. The van der Waals surface area contributed by atoms with Crippen molar-refractivity contribution in [2.24, 2.45) is 0 Å². The zero-order chi connectivity index (χ0) is 36.3. The maximum absolute atomic E-state index is 2.39. The van der Waals surface area contributed by atoms with Gasteiger partial charge in [-0.25, -0.2) is 0 Å². The molecule has 0 amide bonds. The summed E-state index contributed by atoms with van der Waals surface area (Å²) < 4.78 is 0. The zero-order valence-corrected chi connectivity index (χ0v) is 36.7. The molecule has 0 radical (unpaired) electrons. The van der Waals surface area contributed by atoms with Crippen molar-refractivity contribution in [3.8, 4) is 29.3 Å². The minimum atomic E-state index is 1.23. The standard InChI is InChI=1S/C48H74S4/c1-3-5-7-9-11-13-15-17-19-21-23-25-27-29-31-41-37-39-49-47(41)45-35-33-43(51-45)44-34-36-46(52-44)48-42(38-40-50-48)32-30-28-26-24-22-20-18-16-14-12-10-8-6-4-2/h33-40H,3-32H2,1-2H3. The van der Waals surface area contributed by atoms with E-state index in [-0.39, 0.29) is 0 Å². The van der Waals surface area contributed by atoms with Crippen LogP contribution in [0.1, 0.15) is 205 Å². The number of thiophene rings is 4. The van der Waals surface area contributed by atoms with Gasteiger partial charge in [-0.2, -0.15) is 0 Å². The molecule has 0 aliphatic carbocycles. The molecule has 4 rings (SSSR count). The van der Waals surface area contributed by atoms with Crippen molar-refractivity contribution in [2.75, 3.05) is 0 Å². The molecule has 0 bridgehead atoms. The fourth-order valence-corrected chi connectivity index (χ4v) is 12.0. The van der Waals surface area contributed by atoms with Gasteiger partial charge in [-0.1, -0.05) is 181 Å². The predicted octanol–water partition coefficient (Wildman–Crippen LogP) is 19.0. The van der Waals surface area contributed by atoms with Gasteiger partial charge in [0, 0.05) is 29.3 Å². The molecular weight excluding hydrogens is 705 g/mol. The number of aryl methyl sites for hydroxylation is 2. The van der Waals surface area contributed by atoms with Crippen LogP contribution < -0.4 is 0 Å². The van der Waals surface area contributed by atoms with Gasteiger partial charge >= 0.3 is 0 Å². The summed E-state index contributed by atoms with van der Waals surface area (Å²) in [4.78, 5) is 8.78. The Bertz CT molecular complexity index is 1290. The Labute approximate surface area is 337 Å². The first kappa shape index (κ1) is 43.5. The van der Waals surface area contributed by atoms with E-state index in [4.69, 9.17) is 0 Å². The Hall–Kier alpha value is -1.20. The lowest BCUT2D eigenvalue weighted by Gasteiger charge is -2.04. The zero-order valence-electron chi connectivity index (χ0n) is 33.5. The van der Waals surface area contributed by atoms with Gasteiger partial charge in [-0.15, -0.1) is 45.3 Å². The third-order valence-corrected chi connectivity index (χ3v) is 15.6. The van der Waals surface area contributed by atoms with Crippen molar-refractivity contribution in [1.82, 2.24) is 0 Å². The van der Waals surface area contributed by atoms with E-state index < -0.39 is 0 Å². The van der Waals surface area contributed by atoms with Gasteiger partial charge in [0.1, 0.15) is 0 Å². The first-order valence-electron chi connectivity index (χ1n) is 22.1. The predicted molar refractivity (Wildman–Crippen MR) is 242 cm³/mol.